The summed E-state index contributed by atoms with van der Waals surface area (Å²) >= 11 is 7.53. The molecule has 0 aliphatic carbocycles. The maximum absolute atomic E-state index is 13.0. The number of thioether (sulfide) groups is 1. The molecule has 0 bridgehead atoms. The van der Waals surface area contributed by atoms with Crippen molar-refractivity contribution in [2.24, 2.45) is 5.92 Å². The van der Waals surface area contributed by atoms with Gasteiger partial charge in [-0.1, -0.05) is 12.2 Å². The fourth-order valence-electron chi connectivity index (χ4n) is 4.06. The summed E-state index contributed by atoms with van der Waals surface area (Å²) in [6.45, 7) is 2.83. The van der Waals surface area contributed by atoms with Crippen molar-refractivity contribution in [3.8, 4) is 0 Å². The summed E-state index contributed by atoms with van der Waals surface area (Å²) in [7, 11) is 0. The van der Waals surface area contributed by atoms with E-state index in [0.717, 1.165) is 6.42 Å². The van der Waals surface area contributed by atoms with Gasteiger partial charge in [-0.15, -0.1) is 23.4 Å². The van der Waals surface area contributed by atoms with Crippen LogP contribution in [0.15, 0.2) is 12.2 Å². The minimum Gasteiger partial charge on any atom is -0.388 e. The van der Waals surface area contributed by atoms with Crippen molar-refractivity contribution in [3.63, 3.8) is 0 Å². The van der Waals surface area contributed by atoms with Gasteiger partial charge in [0.05, 0.1) is 24.1 Å². The maximum atomic E-state index is 13.0. The van der Waals surface area contributed by atoms with Gasteiger partial charge >= 0.3 is 0 Å². The highest BCUT2D eigenvalue weighted by Crippen LogP contribution is 2.31. The van der Waals surface area contributed by atoms with Crippen LogP contribution in [0.4, 0.5) is 0 Å². The van der Waals surface area contributed by atoms with Gasteiger partial charge < -0.3 is 35.4 Å². The third kappa shape index (κ3) is 4.52. The molecule has 1 amide bonds. The number of carbonyl (C=O) groups excluding carboxylic acids is 1. The first-order valence-electron chi connectivity index (χ1n) is 9.52. The molecule has 10 atom stereocenters. The van der Waals surface area contributed by atoms with E-state index in [1.54, 1.807) is 13.2 Å². The molecule has 10 heteroatoms. The topological polar surface area (TPSA) is 120 Å². The predicted molar refractivity (Wildman–Crippen MR) is 106 cm³/mol. The number of aliphatic hydroxyl groups is 3. The lowest BCUT2D eigenvalue weighted by Gasteiger charge is -2.44. The van der Waals surface area contributed by atoms with Crippen molar-refractivity contribution in [2.75, 3.05) is 19.4 Å². The predicted octanol–water partition coefficient (Wildman–Crippen LogP) is -0.798. The van der Waals surface area contributed by atoms with Gasteiger partial charge in [-0.25, -0.2) is 0 Å². The summed E-state index contributed by atoms with van der Waals surface area (Å²) in [5.74, 6) is -0.0697. The standard InChI is InChI=1S/C18H29ClN2O6S/c1-8(19)10(16-13(23)12(22)14(24)18(27-16)28-2)21-17(25)11-15-9(7-20-11)5-3-4-6-26-15/h3-4,8-16,18,20,22-24H,5-7H2,1-2H3,(H,21,25)/t8-,9-,10+,11-,12?,13?,14?,15+,16?,18?/m0/s1. The molecule has 2 fully saturated rings. The Bertz CT molecular complexity index is 580. The summed E-state index contributed by atoms with van der Waals surface area (Å²) in [5.41, 5.74) is -0.733. The molecule has 3 rings (SSSR count). The van der Waals surface area contributed by atoms with E-state index in [1.165, 1.54) is 11.8 Å². The Hall–Kier alpha value is -0.390. The van der Waals surface area contributed by atoms with Crippen LogP contribution in [0.2, 0.25) is 0 Å². The molecule has 0 aromatic rings. The molecule has 0 spiro atoms. The molecule has 8 nitrogen and oxygen atoms in total. The number of allylic oxidation sites excluding steroid dienone is 1. The van der Waals surface area contributed by atoms with Crippen LogP contribution in [-0.2, 0) is 14.3 Å². The number of hydrogen-bond acceptors (Lipinski definition) is 8. The molecule has 3 aliphatic heterocycles. The molecule has 3 aliphatic rings. The van der Waals surface area contributed by atoms with E-state index in [0.29, 0.717) is 13.2 Å². The van der Waals surface area contributed by atoms with E-state index in [4.69, 9.17) is 21.1 Å². The summed E-state index contributed by atoms with van der Waals surface area (Å²) in [4.78, 5) is 13.0. The number of aliphatic hydroxyl groups excluding tert-OH is 3. The molecule has 5 N–H and O–H groups in total. The van der Waals surface area contributed by atoms with E-state index in [1.807, 2.05) is 6.08 Å². The van der Waals surface area contributed by atoms with Gasteiger partial charge in [-0.2, -0.15) is 0 Å². The fourth-order valence-corrected chi connectivity index (χ4v) is 4.94. The molecule has 0 radical (unpaired) electrons. The minimum atomic E-state index is -1.39. The SMILES string of the molecule is CSC1OC([C@H](NC(=O)[C@H]2NC[C@@H]3CC=CCO[C@H]32)[C@H](C)Cl)C(O)C(O)C1O. The van der Waals surface area contributed by atoms with Crippen molar-refractivity contribution in [2.45, 2.75) is 66.8 Å². The Morgan fingerprint density at radius 1 is 1.29 bits per heavy atom. The van der Waals surface area contributed by atoms with Gasteiger partial charge in [0.25, 0.3) is 0 Å². The molecule has 0 aromatic heterocycles. The van der Waals surface area contributed by atoms with Crippen molar-refractivity contribution in [3.05, 3.63) is 12.2 Å². The van der Waals surface area contributed by atoms with Gasteiger partial charge in [0.15, 0.2) is 0 Å². The van der Waals surface area contributed by atoms with Gasteiger partial charge in [0.1, 0.15) is 35.9 Å². The summed E-state index contributed by atoms with van der Waals surface area (Å²) in [5, 5.41) is 36.2. The van der Waals surface area contributed by atoms with Crippen molar-refractivity contribution >= 4 is 29.3 Å². The molecule has 28 heavy (non-hydrogen) atoms. The van der Waals surface area contributed by atoms with Crippen LogP contribution in [0, 0.1) is 5.92 Å². The van der Waals surface area contributed by atoms with E-state index in [-0.39, 0.29) is 17.9 Å². The lowest BCUT2D eigenvalue weighted by Crippen LogP contribution is -2.65. The van der Waals surface area contributed by atoms with Gasteiger partial charge in [-0.05, 0) is 19.6 Å². The molecule has 160 valence electrons. The normalized spacial score (nSPS) is 43.1. The third-order valence-electron chi connectivity index (χ3n) is 5.66. The molecule has 0 aromatic carbocycles. The van der Waals surface area contributed by atoms with Crippen LogP contribution in [-0.4, -0.2) is 94.1 Å². The molecule has 5 unspecified atom stereocenters. The zero-order valence-electron chi connectivity index (χ0n) is 15.9. The maximum Gasteiger partial charge on any atom is 0.240 e. The summed E-state index contributed by atoms with van der Waals surface area (Å²) in [6.07, 6.45) is 1.39. The second kappa shape index (κ2) is 9.61. The van der Waals surface area contributed by atoms with Crippen LogP contribution in [0.25, 0.3) is 0 Å². The molecular weight excluding hydrogens is 408 g/mol. The van der Waals surface area contributed by atoms with Crippen LogP contribution in [0.1, 0.15) is 13.3 Å². The number of ether oxygens (including phenoxy) is 2. The Balaban J connectivity index is 1.71. The van der Waals surface area contributed by atoms with E-state index >= 15 is 0 Å². The van der Waals surface area contributed by atoms with Crippen LogP contribution >= 0.6 is 23.4 Å². The first-order chi connectivity index (χ1) is 13.3. The molecule has 3 heterocycles. The van der Waals surface area contributed by atoms with Crippen LogP contribution < -0.4 is 10.6 Å². The largest absolute Gasteiger partial charge is 0.388 e. The van der Waals surface area contributed by atoms with E-state index in [2.05, 4.69) is 16.7 Å². The fraction of sp³-hybridized carbons (Fsp3) is 0.833. The van der Waals surface area contributed by atoms with Crippen LogP contribution in [0.3, 0.4) is 0 Å². The van der Waals surface area contributed by atoms with E-state index in [9.17, 15) is 20.1 Å². The van der Waals surface area contributed by atoms with Gasteiger partial charge in [0.2, 0.25) is 5.91 Å². The van der Waals surface area contributed by atoms with Gasteiger partial charge in [-0.3, -0.25) is 4.79 Å². The lowest BCUT2D eigenvalue weighted by molar-refractivity contribution is -0.205. The highest BCUT2D eigenvalue weighted by atomic mass is 35.5. The Morgan fingerprint density at radius 3 is 2.71 bits per heavy atom. The number of alkyl halides is 1. The minimum absolute atomic E-state index is 0.218. The van der Waals surface area contributed by atoms with Gasteiger partial charge in [0, 0.05) is 12.5 Å². The number of nitrogens with one attached hydrogen (secondary N) is 2. The summed E-state index contributed by atoms with van der Waals surface area (Å²) in [6, 6.07) is -1.29. The van der Waals surface area contributed by atoms with Crippen molar-refractivity contribution < 1.29 is 29.6 Å². The number of halogens is 1. The number of fused-ring (bicyclic) bond motifs is 1. The lowest BCUT2D eigenvalue weighted by atomic mass is 9.92. The zero-order chi connectivity index (χ0) is 20.4. The number of carbonyl (C=O) groups is 1. The average molecular weight is 437 g/mol. The highest BCUT2D eigenvalue weighted by molar-refractivity contribution is 7.99. The van der Waals surface area contributed by atoms with E-state index < -0.39 is 47.3 Å². The summed E-state index contributed by atoms with van der Waals surface area (Å²) < 4.78 is 11.6. The molecule has 2 saturated heterocycles. The monoisotopic (exact) mass is 436 g/mol. The average Bonchev–Trinajstić information content (AvgIpc) is 2.93. The zero-order valence-corrected chi connectivity index (χ0v) is 17.5. The quantitative estimate of drug-likeness (QED) is 0.281. The smallest absolute Gasteiger partial charge is 0.240 e. The number of hydrogen-bond donors (Lipinski definition) is 5. The molecule has 0 saturated carbocycles. The first kappa shape index (κ1) is 22.3. The Morgan fingerprint density at radius 2 is 2.04 bits per heavy atom. The number of rotatable bonds is 5. The highest BCUT2D eigenvalue weighted by Gasteiger charge is 2.49. The first-order valence-corrected chi connectivity index (χ1v) is 11.2. The Kier molecular flexibility index (Phi) is 7.66. The second-order valence-corrected chi connectivity index (χ2v) is 9.16. The molecular formula is C18H29ClN2O6S. The Labute approximate surface area is 174 Å². The third-order valence-corrected chi connectivity index (χ3v) is 6.79. The van der Waals surface area contributed by atoms with Crippen molar-refractivity contribution in [1.82, 2.24) is 10.6 Å². The second-order valence-electron chi connectivity index (χ2n) is 7.54. The number of amides is 1. The van der Waals surface area contributed by atoms with Crippen LogP contribution in [0.5, 0.6) is 0 Å². The van der Waals surface area contributed by atoms with Crippen molar-refractivity contribution in [1.29, 1.82) is 0 Å².